The fourth-order valence-corrected chi connectivity index (χ4v) is 1.41. The lowest BCUT2D eigenvalue weighted by Crippen LogP contribution is -1.98. The zero-order valence-corrected chi connectivity index (χ0v) is 9.69. The van der Waals surface area contributed by atoms with Crippen molar-refractivity contribution in [1.82, 2.24) is 4.98 Å². The molecule has 0 aliphatic rings. The van der Waals surface area contributed by atoms with Crippen molar-refractivity contribution in [3.05, 3.63) is 53.9 Å². The van der Waals surface area contributed by atoms with Crippen molar-refractivity contribution < 1.29 is 18.3 Å². The van der Waals surface area contributed by atoms with Gasteiger partial charge in [-0.25, -0.2) is 9.37 Å². The molecule has 1 aromatic carbocycles. The molecule has 0 spiro atoms. The smallest absolute Gasteiger partial charge is 0.213 e. The van der Waals surface area contributed by atoms with Crippen molar-refractivity contribution in [2.24, 2.45) is 0 Å². The minimum atomic E-state index is -0.571. The molecule has 0 aliphatic heterocycles. The number of methoxy groups -OCH3 is 1. The largest absolute Gasteiger partial charge is 0.494 e. The average molecular weight is 251 g/mol. The van der Waals surface area contributed by atoms with Crippen molar-refractivity contribution in [3.63, 3.8) is 0 Å². The van der Waals surface area contributed by atoms with Gasteiger partial charge in [0.25, 0.3) is 0 Å². The Bertz CT molecular complexity index is 529. The van der Waals surface area contributed by atoms with Crippen molar-refractivity contribution in [1.29, 1.82) is 0 Å². The maximum Gasteiger partial charge on any atom is 0.213 e. The highest BCUT2D eigenvalue weighted by Crippen LogP contribution is 2.19. The molecular weight excluding hydrogens is 240 g/mol. The summed E-state index contributed by atoms with van der Waals surface area (Å²) in [5, 5.41) is 0. The molecule has 3 nitrogen and oxygen atoms in total. The molecule has 0 aliphatic carbocycles. The number of hydrogen-bond acceptors (Lipinski definition) is 3. The van der Waals surface area contributed by atoms with Gasteiger partial charge in [-0.15, -0.1) is 0 Å². The number of hydrogen-bond donors (Lipinski definition) is 0. The third-order valence-corrected chi connectivity index (χ3v) is 2.32. The molecule has 0 saturated heterocycles. The van der Waals surface area contributed by atoms with Gasteiger partial charge >= 0.3 is 0 Å². The first-order chi connectivity index (χ1) is 8.69. The van der Waals surface area contributed by atoms with Gasteiger partial charge in [-0.05, 0) is 29.8 Å². The lowest BCUT2D eigenvalue weighted by molar-refractivity contribution is 0.302. The first kappa shape index (κ1) is 12.3. The quantitative estimate of drug-likeness (QED) is 0.783. The topological polar surface area (TPSA) is 31.4 Å². The van der Waals surface area contributed by atoms with Gasteiger partial charge in [-0.2, -0.15) is 4.39 Å². The molecule has 0 atom stereocenters. The fourth-order valence-electron chi connectivity index (χ4n) is 1.41. The van der Waals surface area contributed by atoms with E-state index < -0.39 is 11.8 Å². The van der Waals surface area contributed by atoms with E-state index in [2.05, 4.69) is 4.98 Å². The summed E-state index contributed by atoms with van der Waals surface area (Å²) in [5.74, 6) is -0.413. The minimum absolute atomic E-state index is 0.175. The van der Waals surface area contributed by atoms with Gasteiger partial charge in [-0.1, -0.05) is 6.07 Å². The number of halogens is 2. The number of rotatable bonds is 4. The van der Waals surface area contributed by atoms with Crippen LogP contribution in [0.5, 0.6) is 11.5 Å². The van der Waals surface area contributed by atoms with E-state index >= 15 is 0 Å². The molecule has 0 fully saturated rings. The van der Waals surface area contributed by atoms with Gasteiger partial charge in [0.1, 0.15) is 12.4 Å². The lowest BCUT2D eigenvalue weighted by Gasteiger charge is -2.07. The van der Waals surface area contributed by atoms with Crippen molar-refractivity contribution >= 4 is 0 Å². The SMILES string of the molecule is COc1ccc(COc2ccc(F)nc2)cc1F. The summed E-state index contributed by atoms with van der Waals surface area (Å²) in [6.45, 7) is 0.175. The highest BCUT2D eigenvalue weighted by Gasteiger charge is 2.04. The second kappa shape index (κ2) is 5.44. The number of ether oxygens (including phenoxy) is 2. The Hall–Kier alpha value is -2.17. The Balaban J connectivity index is 2.02. The first-order valence-corrected chi connectivity index (χ1v) is 5.26. The molecule has 0 amide bonds. The third kappa shape index (κ3) is 2.94. The van der Waals surface area contributed by atoms with Crippen LogP contribution < -0.4 is 9.47 Å². The molecule has 94 valence electrons. The van der Waals surface area contributed by atoms with Crippen LogP contribution in [0.25, 0.3) is 0 Å². The fraction of sp³-hybridized carbons (Fsp3) is 0.154. The van der Waals surface area contributed by atoms with Crippen LogP contribution in [-0.2, 0) is 6.61 Å². The summed E-state index contributed by atoms with van der Waals surface area (Å²) >= 11 is 0. The molecule has 1 aromatic heterocycles. The summed E-state index contributed by atoms with van der Waals surface area (Å²) in [6, 6.07) is 7.21. The van der Waals surface area contributed by atoms with Crippen LogP contribution in [-0.4, -0.2) is 12.1 Å². The Morgan fingerprint density at radius 3 is 2.61 bits per heavy atom. The zero-order valence-electron chi connectivity index (χ0n) is 9.69. The van der Waals surface area contributed by atoms with Gasteiger partial charge in [0.15, 0.2) is 11.6 Å². The van der Waals surface area contributed by atoms with Gasteiger partial charge in [0.05, 0.1) is 13.3 Å². The van der Waals surface area contributed by atoms with E-state index in [0.717, 1.165) is 0 Å². The van der Waals surface area contributed by atoms with Crippen LogP contribution in [0.4, 0.5) is 8.78 Å². The van der Waals surface area contributed by atoms with E-state index in [1.165, 1.54) is 37.6 Å². The molecule has 0 saturated carbocycles. The van der Waals surface area contributed by atoms with Crippen LogP contribution in [0, 0.1) is 11.8 Å². The van der Waals surface area contributed by atoms with E-state index in [0.29, 0.717) is 11.3 Å². The van der Waals surface area contributed by atoms with Crippen LogP contribution >= 0.6 is 0 Å². The summed E-state index contributed by atoms with van der Waals surface area (Å²) in [4.78, 5) is 3.45. The Morgan fingerprint density at radius 1 is 1.17 bits per heavy atom. The molecule has 0 bridgehead atoms. The van der Waals surface area contributed by atoms with E-state index in [-0.39, 0.29) is 12.4 Å². The Labute approximate surface area is 103 Å². The third-order valence-electron chi connectivity index (χ3n) is 2.32. The Morgan fingerprint density at radius 2 is 2.00 bits per heavy atom. The second-order valence-corrected chi connectivity index (χ2v) is 3.57. The normalized spacial score (nSPS) is 10.2. The van der Waals surface area contributed by atoms with Crippen molar-refractivity contribution in [2.75, 3.05) is 7.11 Å². The van der Waals surface area contributed by atoms with Crippen LogP contribution in [0.15, 0.2) is 36.5 Å². The molecule has 2 aromatic rings. The van der Waals surface area contributed by atoms with Crippen LogP contribution in [0.3, 0.4) is 0 Å². The van der Waals surface area contributed by atoms with Crippen molar-refractivity contribution in [2.45, 2.75) is 6.61 Å². The number of pyridine rings is 1. The standard InChI is InChI=1S/C13H11F2NO2/c1-17-12-4-2-9(6-11(12)14)8-18-10-3-5-13(15)16-7-10/h2-7H,8H2,1H3. The highest BCUT2D eigenvalue weighted by atomic mass is 19.1. The van der Waals surface area contributed by atoms with Gasteiger partial charge in [-0.3, -0.25) is 0 Å². The summed E-state index contributed by atoms with van der Waals surface area (Å²) in [6.07, 6.45) is 1.27. The zero-order chi connectivity index (χ0) is 13.0. The highest BCUT2D eigenvalue weighted by molar-refractivity contribution is 5.29. The van der Waals surface area contributed by atoms with E-state index in [1.54, 1.807) is 6.07 Å². The average Bonchev–Trinajstić information content (AvgIpc) is 2.38. The van der Waals surface area contributed by atoms with Crippen LogP contribution in [0.1, 0.15) is 5.56 Å². The summed E-state index contributed by atoms with van der Waals surface area (Å²) < 4.78 is 36.1. The number of benzene rings is 1. The molecule has 0 radical (unpaired) electrons. The summed E-state index contributed by atoms with van der Waals surface area (Å²) in [5.41, 5.74) is 0.651. The molecule has 18 heavy (non-hydrogen) atoms. The maximum absolute atomic E-state index is 13.4. The van der Waals surface area contributed by atoms with Gasteiger partial charge in [0, 0.05) is 0 Å². The monoisotopic (exact) mass is 251 g/mol. The molecule has 2 rings (SSSR count). The van der Waals surface area contributed by atoms with E-state index in [1.807, 2.05) is 0 Å². The van der Waals surface area contributed by atoms with Crippen LogP contribution in [0.2, 0.25) is 0 Å². The lowest BCUT2D eigenvalue weighted by atomic mass is 10.2. The first-order valence-electron chi connectivity index (χ1n) is 5.26. The molecule has 0 N–H and O–H groups in total. The predicted molar refractivity (Wildman–Crippen MR) is 61.5 cm³/mol. The Kier molecular flexibility index (Phi) is 3.72. The molecule has 0 unspecified atom stereocenters. The number of aromatic nitrogens is 1. The van der Waals surface area contributed by atoms with E-state index in [9.17, 15) is 8.78 Å². The van der Waals surface area contributed by atoms with Gasteiger partial charge in [0.2, 0.25) is 5.95 Å². The maximum atomic E-state index is 13.4. The molecule has 5 heteroatoms. The summed E-state index contributed by atoms with van der Waals surface area (Å²) in [7, 11) is 1.40. The van der Waals surface area contributed by atoms with Gasteiger partial charge < -0.3 is 9.47 Å². The minimum Gasteiger partial charge on any atom is -0.494 e. The predicted octanol–water partition coefficient (Wildman–Crippen LogP) is 2.95. The molecular formula is C13H11F2NO2. The number of nitrogens with zero attached hydrogens (tertiary/aromatic N) is 1. The molecule has 1 heterocycles. The van der Waals surface area contributed by atoms with E-state index in [4.69, 9.17) is 9.47 Å². The van der Waals surface area contributed by atoms with Crippen molar-refractivity contribution in [3.8, 4) is 11.5 Å². The second-order valence-electron chi connectivity index (χ2n) is 3.57.